The predicted molar refractivity (Wildman–Crippen MR) is 111 cm³/mol. The standard InChI is InChI=1S/C23H22N2O5/c1-15-11-18-13-20(28-2)17(12-21(18)30-15)5-8-23(27)29-14-22(26)25-19-6-3-16(4-7-19)9-10-24/h3-8,12-13,15H,9,11,14H2,1-2H3,(H,25,26)/b8-5+. The van der Waals surface area contributed by atoms with Crippen LogP contribution in [0.5, 0.6) is 11.5 Å². The molecule has 1 amide bonds. The molecule has 0 spiro atoms. The van der Waals surface area contributed by atoms with Gasteiger partial charge in [-0.05, 0) is 42.8 Å². The molecule has 3 rings (SSSR count). The lowest BCUT2D eigenvalue weighted by Crippen LogP contribution is -2.20. The number of carbonyl (C=O) groups excluding carboxylic acids is 2. The number of rotatable bonds is 7. The number of fused-ring (bicyclic) bond motifs is 1. The van der Waals surface area contributed by atoms with E-state index >= 15 is 0 Å². The zero-order valence-corrected chi connectivity index (χ0v) is 16.8. The van der Waals surface area contributed by atoms with Crippen molar-refractivity contribution in [2.75, 3.05) is 19.0 Å². The van der Waals surface area contributed by atoms with Gasteiger partial charge in [-0.2, -0.15) is 5.26 Å². The highest BCUT2D eigenvalue weighted by atomic mass is 16.5. The maximum Gasteiger partial charge on any atom is 0.331 e. The summed E-state index contributed by atoms with van der Waals surface area (Å²) < 4.78 is 16.1. The summed E-state index contributed by atoms with van der Waals surface area (Å²) in [5.41, 5.74) is 3.17. The Kier molecular flexibility index (Phi) is 6.71. The van der Waals surface area contributed by atoms with Crippen LogP contribution in [-0.2, 0) is 27.2 Å². The fraction of sp³-hybridized carbons (Fsp3) is 0.261. The van der Waals surface area contributed by atoms with Crippen molar-refractivity contribution in [1.82, 2.24) is 0 Å². The van der Waals surface area contributed by atoms with E-state index in [1.54, 1.807) is 37.5 Å². The van der Waals surface area contributed by atoms with Crippen LogP contribution >= 0.6 is 0 Å². The molecule has 1 aliphatic heterocycles. The van der Waals surface area contributed by atoms with Crippen LogP contribution in [0.25, 0.3) is 6.08 Å². The lowest BCUT2D eigenvalue weighted by Gasteiger charge is -2.08. The Bertz CT molecular complexity index is 1010. The Balaban J connectivity index is 1.53. The average molecular weight is 406 g/mol. The number of anilines is 1. The Morgan fingerprint density at radius 2 is 2.07 bits per heavy atom. The van der Waals surface area contributed by atoms with Crippen molar-refractivity contribution in [3.05, 3.63) is 59.2 Å². The van der Waals surface area contributed by atoms with E-state index in [1.807, 2.05) is 19.1 Å². The van der Waals surface area contributed by atoms with Crippen LogP contribution in [0.4, 0.5) is 5.69 Å². The van der Waals surface area contributed by atoms with Gasteiger partial charge in [0, 0.05) is 29.3 Å². The topological polar surface area (TPSA) is 97.6 Å². The van der Waals surface area contributed by atoms with Gasteiger partial charge >= 0.3 is 5.97 Å². The number of ether oxygens (including phenoxy) is 3. The van der Waals surface area contributed by atoms with E-state index in [2.05, 4.69) is 11.4 Å². The highest BCUT2D eigenvalue weighted by Crippen LogP contribution is 2.35. The maximum atomic E-state index is 12.0. The second-order valence-electron chi connectivity index (χ2n) is 6.86. The van der Waals surface area contributed by atoms with E-state index in [1.165, 1.54) is 6.08 Å². The molecule has 0 fully saturated rings. The highest BCUT2D eigenvalue weighted by molar-refractivity contribution is 5.94. The van der Waals surface area contributed by atoms with Gasteiger partial charge in [0.15, 0.2) is 6.61 Å². The summed E-state index contributed by atoms with van der Waals surface area (Å²) >= 11 is 0. The third kappa shape index (κ3) is 5.39. The van der Waals surface area contributed by atoms with Crippen LogP contribution in [0.2, 0.25) is 0 Å². The number of nitriles is 1. The SMILES string of the molecule is COc1cc2c(cc1/C=C/C(=O)OCC(=O)Nc1ccc(CC#N)cc1)OC(C)C2. The number of hydrogen-bond acceptors (Lipinski definition) is 6. The first-order chi connectivity index (χ1) is 14.5. The first-order valence-electron chi connectivity index (χ1n) is 9.46. The molecule has 1 heterocycles. The van der Waals surface area contributed by atoms with Crippen LogP contribution in [-0.4, -0.2) is 31.7 Å². The number of amides is 1. The Morgan fingerprint density at radius 1 is 1.30 bits per heavy atom. The summed E-state index contributed by atoms with van der Waals surface area (Å²) in [6.07, 6.45) is 4.04. The van der Waals surface area contributed by atoms with Crippen LogP contribution in [0.1, 0.15) is 23.6 Å². The third-order valence-electron chi connectivity index (χ3n) is 4.51. The van der Waals surface area contributed by atoms with Gasteiger partial charge < -0.3 is 19.5 Å². The highest BCUT2D eigenvalue weighted by Gasteiger charge is 2.21. The molecule has 0 aliphatic carbocycles. The van der Waals surface area contributed by atoms with Gasteiger partial charge in [0.1, 0.15) is 17.6 Å². The molecule has 0 aromatic heterocycles. The van der Waals surface area contributed by atoms with Crippen molar-refractivity contribution in [2.45, 2.75) is 25.9 Å². The predicted octanol–water partition coefficient (Wildman–Crippen LogP) is 3.28. The zero-order valence-electron chi connectivity index (χ0n) is 16.8. The summed E-state index contributed by atoms with van der Waals surface area (Å²) in [5.74, 6) is 0.304. The Hall–Kier alpha value is -3.79. The normalized spacial score (nSPS) is 14.5. The monoisotopic (exact) mass is 406 g/mol. The molecular weight excluding hydrogens is 384 g/mol. The van der Waals surface area contributed by atoms with Crippen LogP contribution in [0.15, 0.2) is 42.5 Å². The molecule has 1 aliphatic rings. The third-order valence-corrected chi connectivity index (χ3v) is 4.51. The van der Waals surface area contributed by atoms with Crippen molar-refractivity contribution in [1.29, 1.82) is 5.26 Å². The number of benzene rings is 2. The van der Waals surface area contributed by atoms with E-state index in [0.29, 0.717) is 23.4 Å². The van der Waals surface area contributed by atoms with Crippen LogP contribution in [0, 0.1) is 11.3 Å². The number of nitrogens with one attached hydrogen (secondary N) is 1. The number of methoxy groups -OCH3 is 1. The quantitative estimate of drug-likeness (QED) is 0.560. The number of carbonyl (C=O) groups is 2. The fourth-order valence-corrected chi connectivity index (χ4v) is 3.10. The molecule has 7 nitrogen and oxygen atoms in total. The van der Waals surface area contributed by atoms with Gasteiger partial charge in [-0.3, -0.25) is 4.79 Å². The summed E-state index contributed by atoms with van der Waals surface area (Å²) in [5, 5.41) is 11.3. The molecule has 0 radical (unpaired) electrons. The molecule has 30 heavy (non-hydrogen) atoms. The summed E-state index contributed by atoms with van der Waals surface area (Å²) in [6.45, 7) is 1.58. The Morgan fingerprint density at radius 3 is 2.77 bits per heavy atom. The van der Waals surface area contributed by atoms with Gasteiger partial charge in [0.2, 0.25) is 0 Å². The molecule has 0 bridgehead atoms. The molecular formula is C23H22N2O5. The summed E-state index contributed by atoms with van der Waals surface area (Å²) in [7, 11) is 1.56. The van der Waals surface area contributed by atoms with Crippen LogP contribution < -0.4 is 14.8 Å². The summed E-state index contributed by atoms with van der Waals surface area (Å²) in [6, 6.07) is 12.7. The van der Waals surface area contributed by atoms with Crippen molar-refractivity contribution >= 4 is 23.6 Å². The lowest BCUT2D eigenvalue weighted by molar-refractivity contribution is -0.142. The molecule has 2 aromatic rings. The van der Waals surface area contributed by atoms with Crippen LogP contribution in [0.3, 0.4) is 0 Å². The maximum absolute atomic E-state index is 12.0. The van der Waals surface area contributed by atoms with Crippen molar-refractivity contribution in [3.63, 3.8) is 0 Å². The molecule has 7 heteroatoms. The molecule has 1 N–H and O–H groups in total. The minimum Gasteiger partial charge on any atom is -0.496 e. The number of hydrogen-bond donors (Lipinski definition) is 1. The molecule has 154 valence electrons. The van der Waals surface area contributed by atoms with E-state index in [9.17, 15) is 9.59 Å². The second-order valence-corrected chi connectivity index (χ2v) is 6.86. The minimum absolute atomic E-state index is 0.106. The van der Waals surface area contributed by atoms with Gasteiger partial charge in [-0.25, -0.2) is 4.79 Å². The lowest BCUT2D eigenvalue weighted by atomic mass is 10.1. The minimum atomic E-state index is -0.647. The number of esters is 1. The molecule has 0 saturated carbocycles. The Labute approximate surface area is 174 Å². The smallest absolute Gasteiger partial charge is 0.331 e. The summed E-state index contributed by atoms with van der Waals surface area (Å²) in [4.78, 5) is 23.9. The van der Waals surface area contributed by atoms with E-state index < -0.39 is 18.5 Å². The van der Waals surface area contributed by atoms with Crippen molar-refractivity contribution in [2.24, 2.45) is 0 Å². The molecule has 1 atom stereocenters. The van der Waals surface area contributed by atoms with Crippen molar-refractivity contribution < 1.29 is 23.8 Å². The van der Waals surface area contributed by atoms with Crippen molar-refractivity contribution in [3.8, 4) is 17.6 Å². The van der Waals surface area contributed by atoms with Gasteiger partial charge in [0.25, 0.3) is 5.91 Å². The largest absolute Gasteiger partial charge is 0.496 e. The first-order valence-corrected chi connectivity index (χ1v) is 9.46. The van der Waals surface area contributed by atoms with E-state index in [4.69, 9.17) is 19.5 Å². The van der Waals surface area contributed by atoms with Gasteiger partial charge in [-0.1, -0.05) is 12.1 Å². The first kappa shape index (κ1) is 20.9. The molecule has 2 aromatic carbocycles. The van der Waals surface area contributed by atoms with Gasteiger partial charge in [0.05, 0.1) is 19.6 Å². The molecule has 1 unspecified atom stereocenters. The number of nitrogens with zero attached hydrogens (tertiary/aromatic N) is 1. The van der Waals surface area contributed by atoms with E-state index in [-0.39, 0.29) is 6.10 Å². The second kappa shape index (κ2) is 9.61. The zero-order chi connectivity index (χ0) is 21.5. The molecule has 0 saturated heterocycles. The average Bonchev–Trinajstić information content (AvgIpc) is 3.10. The van der Waals surface area contributed by atoms with Gasteiger partial charge in [-0.15, -0.1) is 0 Å². The fourth-order valence-electron chi connectivity index (χ4n) is 3.10. The van der Waals surface area contributed by atoms with E-state index in [0.717, 1.165) is 23.3 Å².